The first kappa shape index (κ1) is 23.1. The maximum Gasteiger partial charge on any atom is 0.246 e. The van der Waals surface area contributed by atoms with Gasteiger partial charge in [-0.15, -0.1) is 5.10 Å². The Labute approximate surface area is 193 Å². The van der Waals surface area contributed by atoms with Crippen molar-refractivity contribution in [3.63, 3.8) is 0 Å². The number of aromatic nitrogens is 4. The smallest absolute Gasteiger partial charge is 0.246 e. The van der Waals surface area contributed by atoms with Crippen molar-refractivity contribution in [3.05, 3.63) is 54.4 Å². The number of nitrogens with zero attached hydrogens (tertiary/aromatic N) is 6. The number of benzene rings is 2. The highest BCUT2D eigenvalue weighted by Gasteiger charge is 2.32. The maximum atomic E-state index is 13.6. The molecule has 0 saturated carbocycles. The minimum atomic E-state index is -3.80. The average molecular weight is 473 g/mol. The Morgan fingerprint density at radius 2 is 1.64 bits per heavy atom. The second-order valence-electron chi connectivity index (χ2n) is 7.55. The summed E-state index contributed by atoms with van der Waals surface area (Å²) in [6.45, 7) is 7.23. The summed E-state index contributed by atoms with van der Waals surface area (Å²) in [5.41, 5.74) is 1.73. The van der Waals surface area contributed by atoms with Crippen molar-refractivity contribution in [2.75, 3.05) is 39.4 Å². The van der Waals surface area contributed by atoms with Crippen LogP contribution in [-0.4, -0.2) is 77.2 Å². The lowest BCUT2D eigenvalue weighted by Gasteiger charge is -2.34. The molecule has 1 aliphatic heterocycles. The molecule has 10 nitrogen and oxygen atoms in total. The molecular weight excluding hydrogens is 444 g/mol. The largest absolute Gasteiger partial charge is 0.492 e. The Kier molecular flexibility index (Phi) is 7.21. The van der Waals surface area contributed by atoms with Gasteiger partial charge in [-0.1, -0.05) is 30.3 Å². The molecule has 1 saturated heterocycles. The molecule has 2 heterocycles. The number of piperazine rings is 1. The van der Waals surface area contributed by atoms with Gasteiger partial charge in [0.2, 0.25) is 10.0 Å². The molecule has 2 aromatic carbocycles. The van der Waals surface area contributed by atoms with Gasteiger partial charge in [0.25, 0.3) is 0 Å². The van der Waals surface area contributed by atoms with Gasteiger partial charge in [0.05, 0.1) is 13.2 Å². The number of sulfonamides is 1. The van der Waals surface area contributed by atoms with Gasteiger partial charge >= 0.3 is 0 Å². The first-order valence-corrected chi connectivity index (χ1v) is 12.4. The molecule has 33 heavy (non-hydrogen) atoms. The number of hydrogen-bond acceptors (Lipinski definition) is 8. The lowest BCUT2D eigenvalue weighted by Crippen LogP contribution is -2.48. The Balaban J connectivity index is 1.59. The molecule has 0 radical (unpaired) electrons. The molecule has 0 amide bonds. The van der Waals surface area contributed by atoms with Gasteiger partial charge in [0, 0.05) is 44.9 Å². The number of tetrazole rings is 1. The summed E-state index contributed by atoms with van der Waals surface area (Å²) in [4.78, 5) is 2.35. The third kappa shape index (κ3) is 5.15. The molecule has 0 bridgehead atoms. The second kappa shape index (κ2) is 10.3. The van der Waals surface area contributed by atoms with Crippen molar-refractivity contribution in [1.82, 2.24) is 29.4 Å². The third-order valence-electron chi connectivity index (χ3n) is 5.42. The summed E-state index contributed by atoms with van der Waals surface area (Å²) in [5, 5.41) is 11.2. The van der Waals surface area contributed by atoms with Crippen molar-refractivity contribution in [1.29, 1.82) is 0 Å². The van der Waals surface area contributed by atoms with E-state index in [0.29, 0.717) is 50.8 Å². The van der Waals surface area contributed by atoms with Gasteiger partial charge in [0.1, 0.15) is 28.4 Å². The van der Waals surface area contributed by atoms with Crippen molar-refractivity contribution in [2.24, 2.45) is 0 Å². The molecule has 1 aromatic heterocycles. The fourth-order valence-corrected chi connectivity index (χ4v) is 5.38. The van der Waals surface area contributed by atoms with Gasteiger partial charge < -0.3 is 9.47 Å². The fraction of sp³-hybridized carbons (Fsp3) is 0.409. The first-order chi connectivity index (χ1) is 16.0. The molecule has 0 aliphatic carbocycles. The van der Waals surface area contributed by atoms with Gasteiger partial charge in [-0.05, 0) is 29.8 Å². The highest BCUT2D eigenvalue weighted by molar-refractivity contribution is 7.89. The summed E-state index contributed by atoms with van der Waals surface area (Å²) in [5.74, 6) is 0.618. The standard InChI is InChI=1S/C22H28N6O4S/c1-3-31-20-15-22(21(32-4-2)14-19(20)28-17-23-24-25-28)33(29,30)27-12-10-26(11-13-27)16-18-8-6-5-7-9-18/h5-9,14-15,17H,3-4,10-13,16H2,1-2H3. The second-order valence-corrected chi connectivity index (χ2v) is 9.46. The molecule has 0 N–H and O–H groups in total. The molecule has 3 aromatic rings. The van der Waals surface area contributed by atoms with E-state index in [4.69, 9.17) is 9.47 Å². The van der Waals surface area contributed by atoms with E-state index in [-0.39, 0.29) is 10.6 Å². The van der Waals surface area contributed by atoms with E-state index >= 15 is 0 Å². The molecule has 11 heteroatoms. The SMILES string of the molecule is CCOc1cc(S(=O)(=O)N2CCN(Cc3ccccc3)CC2)c(OCC)cc1-n1cnnn1. The molecule has 1 aliphatic rings. The number of ether oxygens (including phenoxy) is 2. The molecule has 1 fully saturated rings. The molecule has 0 unspecified atom stereocenters. The maximum absolute atomic E-state index is 13.6. The highest BCUT2D eigenvalue weighted by atomic mass is 32.2. The van der Waals surface area contributed by atoms with E-state index in [0.717, 1.165) is 6.54 Å². The number of hydrogen-bond donors (Lipinski definition) is 0. The zero-order chi connectivity index (χ0) is 23.3. The van der Waals surface area contributed by atoms with Crippen LogP contribution in [0.5, 0.6) is 11.5 Å². The Hall–Kier alpha value is -3.02. The molecule has 176 valence electrons. The van der Waals surface area contributed by atoms with Crippen LogP contribution in [0.25, 0.3) is 5.69 Å². The van der Waals surface area contributed by atoms with Crippen LogP contribution in [0.1, 0.15) is 19.4 Å². The lowest BCUT2D eigenvalue weighted by molar-refractivity contribution is 0.181. The monoisotopic (exact) mass is 472 g/mol. The zero-order valence-electron chi connectivity index (χ0n) is 18.8. The van der Waals surface area contributed by atoms with Gasteiger partial charge in [-0.25, -0.2) is 8.42 Å². The van der Waals surface area contributed by atoms with Gasteiger partial charge in [0.15, 0.2) is 0 Å². The van der Waals surface area contributed by atoms with E-state index in [9.17, 15) is 8.42 Å². The quantitative estimate of drug-likeness (QED) is 0.466. The predicted octanol–water partition coefficient (Wildman–Crippen LogP) is 1.97. The Morgan fingerprint density at radius 1 is 0.939 bits per heavy atom. The Bertz CT molecular complexity index is 1150. The van der Waals surface area contributed by atoms with Gasteiger partial charge in [-0.2, -0.15) is 8.99 Å². The normalized spacial score (nSPS) is 15.5. The van der Waals surface area contributed by atoms with Crippen LogP contribution in [0.15, 0.2) is 53.7 Å². The summed E-state index contributed by atoms with van der Waals surface area (Å²) in [7, 11) is -3.80. The molecule has 0 spiro atoms. The van der Waals surface area contributed by atoms with Crippen LogP contribution in [0, 0.1) is 0 Å². The summed E-state index contributed by atoms with van der Waals surface area (Å²) >= 11 is 0. The fourth-order valence-electron chi connectivity index (χ4n) is 3.83. The third-order valence-corrected chi connectivity index (χ3v) is 7.34. The minimum absolute atomic E-state index is 0.0844. The summed E-state index contributed by atoms with van der Waals surface area (Å²) in [6, 6.07) is 13.3. The van der Waals surface area contributed by atoms with E-state index in [1.807, 2.05) is 32.0 Å². The van der Waals surface area contributed by atoms with Crippen LogP contribution in [0.3, 0.4) is 0 Å². The highest BCUT2D eigenvalue weighted by Crippen LogP contribution is 2.36. The minimum Gasteiger partial charge on any atom is -0.492 e. The van der Waals surface area contributed by atoms with E-state index < -0.39 is 10.0 Å². The summed E-state index contributed by atoms with van der Waals surface area (Å²) < 4.78 is 41.7. The zero-order valence-corrected chi connectivity index (χ0v) is 19.6. The van der Waals surface area contributed by atoms with Crippen LogP contribution in [0.2, 0.25) is 0 Å². The topological polar surface area (TPSA) is 103 Å². The molecular formula is C22H28N6O4S. The van der Waals surface area contributed by atoms with Crippen LogP contribution in [-0.2, 0) is 16.6 Å². The first-order valence-electron chi connectivity index (χ1n) is 11.0. The predicted molar refractivity (Wildman–Crippen MR) is 122 cm³/mol. The number of rotatable bonds is 9. The molecule has 4 rings (SSSR count). The van der Waals surface area contributed by atoms with Crippen LogP contribution < -0.4 is 9.47 Å². The van der Waals surface area contributed by atoms with E-state index in [2.05, 4.69) is 32.6 Å². The van der Waals surface area contributed by atoms with E-state index in [1.54, 1.807) is 6.07 Å². The average Bonchev–Trinajstić information content (AvgIpc) is 3.36. The van der Waals surface area contributed by atoms with Crippen LogP contribution in [0.4, 0.5) is 0 Å². The van der Waals surface area contributed by atoms with Crippen molar-refractivity contribution in [2.45, 2.75) is 25.3 Å². The lowest BCUT2D eigenvalue weighted by atomic mass is 10.2. The van der Waals surface area contributed by atoms with Gasteiger partial charge in [-0.3, -0.25) is 4.90 Å². The van der Waals surface area contributed by atoms with Crippen molar-refractivity contribution >= 4 is 10.0 Å². The Morgan fingerprint density at radius 3 is 2.27 bits per heavy atom. The summed E-state index contributed by atoms with van der Waals surface area (Å²) in [6.07, 6.45) is 1.42. The van der Waals surface area contributed by atoms with Crippen molar-refractivity contribution in [3.8, 4) is 17.2 Å². The van der Waals surface area contributed by atoms with E-state index in [1.165, 1.54) is 26.9 Å². The van der Waals surface area contributed by atoms with Crippen molar-refractivity contribution < 1.29 is 17.9 Å². The molecule has 0 atom stereocenters. The van der Waals surface area contributed by atoms with Crippen LogP contribution >= 0.6 is 0 Å².